The van der Waals surface area contributed by atoms with Crippen LogP contribution in [0.3, 0.4) is 0 Å². The van der Waals surface area contributed by atoms with Crippen LogP contribution < -0.4 is 5.32 Å². The number of nitrogens with zero attached hydrogens (tertiary/aromatic N) is 2. The number of aliphatic carboxylic acids is 1. The molecule has 5 rings (SSSR count). The van der Waals surface area contributed by atoms with E-state index in [0.29, 0.717) is 41.5 Å². The van der Waals surface area contributed by atoms with Gasteiger partial charge in [0.25, 0.3) is 0 Å². The fraction of sp³-hybridized carbons (Fsp3) is 0.357. The number of hydrogen-bond acceptors (Lipinski definition) is 6. The molecule has 0 radical (unpaired) electrons. The number of anilines is 1. The number of hydrogen-bond donors (Lipinski definition) is 3. The van der Waals surface area contributed by atoms with Crippen LogP contribution in [0.2, 0.25) is 5.02 Å². The van der Waals surface area contributed by atoms with E-state index in [0.717, 1.165) is 11.1 Å². The summed E-state index contributed by atoms with van der Waals surface area (Å²) in [5.74, 6) is -2.76. The maximum atomic E-state index is 13.5. The van der Waals surface area contributed by atoms with Gasteiger partial charge < -0.3 is 20.4 Å². The molecule has 2 saturated heterocycles. The van der Waals surface area contributed by atoms with E-state index in [1.807, 2.05) is 36.9 Å². The lowest BCUT2D eigenvalue weighted by atomic mass is 9.94. The van der Waals surface area contributed by atoms with Crippen LogP contribution in [-0.2, 0) is 20.9 Å². The summed E-state index contributed by atoms with van der Waals surface area (Å²) in [6, 6.07) is 11.1. The second-order valence-corrected chi connectivity index (χ2v) is 11.9. The Hall–Kier alpha value is -3.34. The number of aryl methyl sites for hydroxylation is 1. The highest BCUT2D eigenvalue weighted by Gasteiger charge is 2.52. The van der Waals surface area contributed by atoms with Crippen LogP contribution in [0.1, 0.15) is 41.3 Å². The van der Waals surface area contributed by atoms with Gasteiger partial charge in [-0.15, -0.1) is 11.8 Å². The van der Waals surface area contributed by atoms with Crippen LogP contribution in [0, 0.1) is 12.8 Å². The zero-order valence-electron chi connectivity index (χ0n) is 21.4. The van der Waals surface area contributed by atoms with E-state index >= 15 is 0 Å². The molecular formula is C28H28ClN3O6S. The number of aromatic carboxylic acids is 1. The molecule has 2 aromatic carbocycles. The molecule has 0 aliphatic carbocycles. The lowest BCUT2D eigenvalue weighted by Crippen LogP contribution is -2.51. The van der Waals surface area contributed by atoms with Gasteiger partial charge in [-0.25, -0.2) is 9.59 Å². The number of likely N-dealkylation sites (tertiary alicyclic amines) is 1. The maximum Gasteiger partial charge on any atom is 0.353 e. The van der Waals surface area contributed by atoms with E-state index in [4.69, 9.17) is 11.6 Å². The molecular weight excluding hydrogens is 542 g/mol. The van der Waals surface area contributed by atoms with Crippen LogP contribution in [0.4, 0.5) is 5.69 Å². The molecule has 0 saturated carbocycles. The normalized spacial score (nSPS) is 24.5. The van der Waals surface area contributed by atoms with Crippen molar-refractivity contribution in [1.82, 2.24) is 9.80 Å². The molecule has 0 bridgehead atoms. The molecule has 0 aromatic heterocycles. The van der Waals surface area contributed by atoms with Crippen molar-refractivity contribution in [3.63, 3.8) is 0 Å². The average Bonchev–Trinajstić information content (AvgIpc) is 3.38. The number of carboxylic acid groups (broad SMARTS) is 2. The number of halogens is 1. The summed E-state index contributed by atoms with van der Waals surface area (Å²) < 4.78 is 0. The SMILES string of the molecule is Cc1cccc(CN2CC(SC3=C(C(=O)O)N4C(=O)CC4C3C)CC2C(=O)Nc2cccc(C(=O)O)c2)c1Cl. The van der Waals surface area contributed by atoms with Gasteiger partial charge in [0, 0.05) is 46.3 Å². The average molecular weight is 570 g/mol. The predicted octanol–water partition coefficient (Wildman–Crippen LogP) is 4.21. The molecule has 9 nitrogen and oxygen atoms in total. The number of thioether (sulfide) groups is 1. The van der Waals surface area contributed by atoms with E-state index in [2.05, 4.69) is 5.32 Å². The Balaban J connectivity index is 1.40. The summed E-state index contributed by atoms with van der Waals surface area (Å²) in [4.78, 5) is 53.3. The second kappa shape index (κ2) is 10.7. The number of β-lactam (4-membered cyclic amide) rings is 1. The number of nitrogens with one attached hydrogen (secondary N) is 1. The first kappa shape index (κ1) is 27.2. The topological polar surface area (TPSA) is 127 Å². The maximum absolute atomic E-state index is 13.5. The Labute approximate surface area is 234 Å². The number of carboxylic acids is 2. The van der Waals surface area contributed by atoms with Crippen molar-refractivity contribution < 1.29 is 29.4 Å². The van der Waals surface area contributed by atoms with E-state index in [9.17, 15) is 29.4 Å². The Morgan fingerprint density at radius 1 is 1.13 bits per heavy atom. The second-order valence-electron chi connectivity index (χ2n) is 10.2. The molecule has 11 heteroatoms. The molecule has 0 spiro atoms. The Morgan fingerprint density at radius 2 is 1.87 bits per heavy atom. The van der Waals surface area contributed by atoms with Crippen LogP contribution in [0.5, 0.6) is 0 Å². The first-order valence-corrected chi connectivity index (χ1v) is 13.9. The van der Waals surface area contributed by atoms with Crippen molar-refractivity contribution in [2.75, 3.05) is 11.9 Å². The fourth-order valence-electron chi connectivity index (χ4n) is 5.59. The van der Waals surface area contributed by atoms with Crippen LogP contribution in [-0.4, -0.2) is 67.6 Å². The third kappa shape index (κ3) is 5.16. The first-order chi connectivity index (χ1) is 18.5. The molecule has 2 amide bonds. The number of carbonyl (C=O) groups excluding carboxylic acids is 2. The molecule has 4 unspecified atom stereocenters. The summed E-state index contributed by atoms with van der Waals surface area (Å²) in [6.45, 7) is 4.78. The molecule has 3 N–H and O–H groups in total. The molecule has 3 heterocycles. The number of amides is 2. The van der Waals surface area contributed by atoms with Gasteiger partial charge in [0.2, 0.25) is 11.8 Å². The lowest BCUT2D eigenvalue weighted by Gasteiger charge is -2.37. The van der Waals surface area contributed by atoms with E-state index in [-0.39, 0.29) is 40.3 Å². The zero-order chi connectivity index (χ0) is 28.0. The molecule has 2 fully saturated rings. The Bertz CT molecular complexity index is 1410. The summed E-state index contributed by atoms with van der Waals surface area (Å²) in [7, 11) is 0. The minimum absolute atomic E-state index is 0.0559. The predicted molar refractivity (Wildman–Crippen MR) is 147 cm³/mol. The highest BCUT2D eigenvalue weighted by Crippen LogP contribution is 2.49. The van der Waals surface area contributed by atoms with Crippen molar-refractivity contribution in [2.45, 2.75) is 50.6 Å². The Morgan fingerprint density at radius 3 is 2.56 bits per heavy atom. The molecule has 3 aliphatic rings. The molecule has 2 aromatic rings. The molecule has 39 heavy (non-hydrogen) atoms. The van der Waals surface area contributed by atoms with E-state index < -0.39 is 18.0 Å². The van der Waals surface area contributed by atoms with Crippen LogP contribution >= 0.6 is 23.4 Å². The van der Waals surface area contributed by atoms with Gasteiger partial charge in [0.1, 0.15) is 5.70 Å². The van der Waals surface area contributed by atoms with Crippen molar-refractivity contribution in [2.24, 2.45) is 5.92 Å². The highest BCUT2D eigenvalue weighted by atomic mass is 35.5. The molecule has 4 atom stereocenters. The van der Waals surface area contributed by atoms with Gasteiger partial charge >= 0.3 is 11.9 Å². The van der Waals surface area contributed by atoms with Gasteiger partial charge in [0.05, 0.1) is 17.6 Å². The summed E-state index contributed by atoms with van der Waals surface area (Å²) >= 11 is 8.01. The number of carbonyl (C=O) groups is 4. The van der Waals surface area contributed by atoms with Crippen molar-refractivity contribution in [1.29, 1.82) is 0 Å². The quantitative estimate of drug-likeness (QED) is 0.404. The fourth-order valence-corrected chi connectivity index (χ4v) is 7.35. The van der Waals surface area contributed by atoms with Crippen LogP contribution in [0.15, 0.2) is 53.1 Å². The standard InChI is InChI=1S/C28H28ClN3O6S/c1-14-5-3-7-17(23(14)29)12-31-13-19(39-25-15(2)20-11-22(33)32(20)24(25)28(37)38)10-21(31)26(34)30-18-8-4-6-16(9-18)27(35)36/h3-9,15,19-21H,10-13H2,1-2H3,(H,30,34)(H,35,36)(H,37,38). The monoisotopic (exact) mass is 569 g/mol. The van der Waals surface area contributed by atoms with Gasteiger partial charge in [0.15, 0.2) is 0 Å². The molecule has 204 valence electrons. The van der Waals surface area contributed by atoms with Crippen LogP contribution in [0.25, 0.3) is 0 Å². The highest BCUT2D eigenvalue weighted by molar-refractivity contribution is 8.03. The number of benzene rings is 2. The zero-order valence-corrected chi connectivity index (χ0v) is 23.0. The van der Waals surface area contributed by atoms with Gasteiger partial charge in [-0.05, 0) is 42.7 Å². The van der Waals surface area contributed by atoms with Crippen molar-refractivity contribution in [3.8, 4) is 0 Å². The van der Waals surface area contributed by atoms with Crippen molar-refractivity contribution >= 4 is 52.8 Å². The lowest BCUT2D eigenvalue weighted by molar-refractivity contribution is -0.148. The van der Waals surface area contributed by atoms with Gasteiger partial charge in [-0.1, -0.05) is 42.8 Å². The first-order valence-electron chi connectivity index (χ1n) is 12.6. The Kier molecular flexibility index (Phi) is 7.45. The third-order valence-electron chi connectivity index (χ3n) is 7.64. The minimum atomic E-state index is -1.12. The smallest absolute Gasteiger partial charge is 0.353 e. The number of rotatable bonds is 8. The summed E-state index contributed by atoms with van der Waals surface area (Å²) in [5.41, 5.74) is 2.31. The van der Waals surface area contributed by atoms with Gasteiger partial charge in [-0.2, -0.15) is 0 Å². The third-order valence-corrected chi connectivity index (χ3v) is 9.67. The number of fused-ring (bicyclic) bond motifs is 1. The molecule has 3 aliphatic heterocycles. The van der Waals surface area contributed by atoms with Crippen molar-refractivity contribution in [3.05, 3.63) is 74.8 Å². The summed E-state index contributed by atoms with van der Waals surface area (Å²) in [5, 5.41) is 22.6. The largest absolute Gasteiger partial charge is 0.478 e. The summed E-state index contributed by atoms with van der Waals surface area (Å²) in [6.07, 6.45) is 0.783. The van der Waals surface area contributed by atoms with E-state index in [1.165, 1.54) is 28.8 Å². The minimum Gasteiger partial charge on any atom is -0.478 e. The van der Waals surface area contributed by atoms with Gasteiger partial charge in [-0.3, -0.25) is 14.5 Å². The van der Waals surface area contributed by atoms with E-state index in [1.54, 1.807) is 12.1 Å².